The van der Waals surface area contributed by atoms with E-state index in [1.165, 1.54) is 0 Å². The van der Waals surface area contributed by atoms with Crippen molar-refractivity contribution in [3.63, 3.8) is 0 Å². The third-order valence-electron chi connectivity index (χ3n) is 1.95. The Morgan fingerprint density at radius 2 is 1.80 bits per heavy atom. The van der Waals surface area contributed by atoms with Crippen LogP contribution >= 0.6 is 0 Å². The molecule has 0 aromatic rings. The minimum Gasteiger partial charge on any atom is -0.327 e. The van der Waals surface area contributed by atoms with Crippen LogP contribution in [0.15, 0.2) is 0 Å². The molecule has 10 heavy (non-hydrogen) atoms. The monoisotopic (exact) mass is 144 g/mol. The van der Waals surface area contributed by atoms with Crippen molar-refractivity contribution in [2.45, 2.75) is 52.2 Å². The normalized spacial score (nSPS) is 20.1. The fourth-order valence-electron chi connectivity index (χ4n) is 0.718. The van der Waals surface area contributed by atoms with Gasteiger partial charge in [-0.25, -0.2) is 0 Å². The molecule has 3 atom stereocenters. The van der Waals surface area contributed by atoms with Gasteiger partial charge in [-0.2, -0.15) is 0 Å². The molecule has 3 N–H and O–H groups in total. The zero-order chi connectivity index (χ0) is 8.15. The van der Waals surface area contributed by atoms with Crippen LogP contribution in [-0.4, -0.2) is 18.1 Å². The Morgan fingerprint density at radius 1 is 1.30 bits per heavy atom. The van der Waals surface area contributed by atoms with Crippen LogP contribution in [0.5, 0.6) is 0 Å². The van der Waals surface area contributed by atoms with E-state index < -0.39 is 0 Å². The Bertz CT molecular complexity index is 81.3. The molecule has 0 spiro atoms. The lowest BCUT2D eigenvalue weighted by Gasteiger charge is -2.21. The maximum atomic E-state index is 5.68. The third kappa shape index (κ3) is 3.85. The fraction of sp³-hybridized carbons (Fsp3) is 1.00. The van der Waals surface area contributed by atoms with Gasteiger partial charge in [-0.05, 0) is 27.2 Å². The first kappa shape index (κ1) is 9.92. The number of rotatable bonds is 4. The van der Waals surface area contributed by atoms with Crippen LogP contribution in [0.3, 0.4) is 0 Å². The first-order valence-electron chi connectivity index (χ1n) is 4.09. The van der Waals surface area contributed by atoms with Crippen LogP contribution in [0.25, 0.3) is 0 Å². The number of nitrogens with one attached hydrogen (secondary N) is 1. The molecule has 62 valence electrons. The van der Waals surface area contributed by atoms with Crippen molar-refractivity contribution in [1.29, 1.82) is 0 Å². The van der Waals surface area contributed by atoms with Crippen molar-refractivity contribution in [3.05, 3.63) is 0 Å². The average Bonchev–Trinajstić information content (AvgIpc) is 1.87. The maximum absolute atomic E-state index is 5.68. The summed E-state index contributed by atoms with van der Waals surface area (Å²) in [6.07, 6.45) is 1.16. The van der Waals surface area contributed by atoms with E-state index in [9.17, 15) is 0 Å². The lowest BCUT2D eigenvalue weighted by atomic mass is 10.1. The van der Waals surface area contributed by atoms with Crippen LogP contribution in [0.1, 0.15) is 34.1 Å². The Balaban J connectivity index is 3.46. The van der Waals surface area contributed by atoms with Gasteiger partial charge < -0.3 is 11.1 Å². The number of nitrogens with two attached hydrogens (primary N) is 1. The lowest BCUT2D eigenvalue weighted by molar-refractivity contribution is 0.415. The highest BCUT2D eigenvalue weighted by atomic mass is 15.0. The quantitative estimate of drug-likeness (QED) is 0.620. The van der Waals surface area contributed by atoms with Crippen molar-refractivity contribution < 1.29 is 0 Å². The molecule has 0 heterocycles. The molecule has 0 saturated heterocycles. The van der Waals surface area contributed by atoms with E-state index in [0.717, 1.165) is 6.42 Å². The minimum absolute atomic E-state index is 0.244. The van der Waals surface area contributed by atoms with Crippen LogP contribution in [-0.2, 0) is 0 Å². The summed E-state index contributed by atoms with van der Waals surface area (Å²) in [7, 11) is 0. The lowest BCUT2D eigenvalue weighted by Crippen LogP contribution is -2.44. The summed E-state index contributed by atoms with van der Waals surface area (Å²) < 4.78 is 0. The second-order valence-electron chi connectivity index (χ2n) is 3.12. The molecule has 0 aromatic carbocycles. The Morgan fingerprint density at radius 3 is 2.10 bits per heavy atom. The second-order valence-corrected chi connectivity index (χ2v) is 3.12. The Kier molecular flexibility index (Phi) is 4.65. The summed E-state index contributed by atoms with van der Waals surface area (Å²) >= 11 is 0. The molecule has 0 rings (SSSR count). The van der Waals surface area contributed by atoms with Crippen LogP contribution in [0.4, 0.5) is 0 Å². The largest absolute Gasteiger partial charge is 0.327 e. The zero-order valence-electron chi connectivity index (χ0n) is 7.52. The molecule has 0 radical (unpaired) electrons. The van der Waals surface area contributed by atoms with Gasteiger partial charge in [0.15, 0.2) is 0 Å². The standard InChI is InChI=1S/C8H20N2/c1-5-6(2)10-8(4)7(3)9/h6-8,10H,5,9H2,1-4H3. The molecule has 0 fully saturated rings. The van der Waals surface area contributed by atoms with Crippen LogP contribution < -0.4 is 11.1 Å². The van der Waals surface area contributed by atoms with Crippen molar-refractivity contribution in [1.82, 2.24) is 5.32 Å². The molecule has 0 amide bonds. The van der Waals surface area contributed by atoms with Gasteiger partial charge >= 0.3 is 0 Å². The topological polar surface area (TPSA) is 38.0 Å². The molecule has 0 aliphatic rings. The maximum Gasteiger partial charge on any atom is 0.0190 e. The highest BCUT2D eigenvalue weighted by Gasteiger charge is 2.08. The molecular weight excluding hydrogens is 124 g/mol. The van der Waals surface area contributed by atoms with Gasteiger partial charge in [0.1, 0.15) is 0 Å². The minimum atomic E-state index is 0.244. The predicted molar refractivity (Wildman–Crippen MR) is 46.0 cm³/mol. The van der Waals surface area contributed by atoms with Crippen molar-refractivity contribution in [3.8, 4) is 0 Å². The summed E-state index contributed by atoms with van der Waals surface area (Å²) in [6.45, 7) is 8.50. The summed E-state index contributed by atoms with van der Waals surface area (Å²) in [5, 5.41) is 3.40. The number of hydrogen-bond acceptors (Lipinski definition) is 2. The van der Waals surface area contributed by atoms with Crippen molar-refractivity contribution in [2.75, 3.05) is 0 Å². The van der Waals surface area contributed by atoms with Crippen LogP contribution in [0.2, 0.25) is 0 Å². The van der Waals surface area contributed by atoms with E-state index in [2.05, 4.69) is 26.1 Å². The highest BCUT2D eigenvalue weighted by Crippen LogP contribution is 1.93. The summed E-state index contributed by atoms with van der Waals surface area (Å²) in [6, 6.07) is 1.25. The van der Waals surface area contributed by atoms with Gasteiger partial charge in [-0.1, -0.05) is 6.92 Å². The summed E-state index contributed by atoms with van der Waals surface area (Å²) in [4.78, 5) is 0. The molecular formula is C8H20N2. The molecule has 0 bridgehead atoms. The van der Waals surface area contributed by atoms with E-state index in [1.807, 2.05) is 6.92 Å². The van der Waals surface area contributed by atoms with Gasteiger partial charge in [0, 0.05) is 18.1 Å². The van der Waals surface area contributed by atoms with Gasteiger partial charge in [0.2, 0.25) is 0 Å². The van der Waals surface area contributed by atoms with Gasteiger partial charge in [-0.15, -0.1) is 0 Å². The van der Waals surface area contributed by atoms with E-state index in [1.54, 1.807) is 0 Å². The van der Waals surface area contributed by atoms with Gasteiger partial charge in [0.25, 0.3) is 0 Å². The average molecular weight is 144 g/mol. The van der Waals surface area contributed by atoms with E-state index in [4.69, 9.17) is 5.73 Å². The smallest absolute Gasteiger partial charge is 0.0190 e. The second kappa shape index (κ2) is 4.69. The molecule has 0 aliphatic carbocycles. The zero-order valence-corrected chi connectivity index (χ0v) is 7.52. The SMILES string of the molecule is CCC(C)NC(C)C(C)N. The van der Waals surface area contributed by atoms with E-state index >= 15 is 0 Å². The van der Waals surface area contributed by atoms with Gasteiger partial charge in [0.05, 0.1) is 0 Å². The first-order chi connectivity index (χ1) is 4.57. The first-order valence-corrected chi connectivity index (χ1v) is 4.09. The van der Waals surface area contributed by atoms with E-state index in [0.29, 0.717) is 12.1 Å². The predicted octanol–water partition coefficient (Wildman–Crippen LogP) is 1.11. The molecule has 0 aliphatic heterocycles. The van der Waals surface area contributed by atoms with Crippen LogP contribution in [0, 0.1) is 0 Å². The Hall–Kier alpha value is -0.0800. The molecule has 2 nitrogen and oxygen atoms in total. The van der Waals surface area contributed by atoms with Gasteiger partial charge in [-0.3, -0.25) is 0 Å². The fourth-order valence-corrected chi connectivity index (χ4v) is 0.718. The highest BCUT2D eigenvalue weighted by molar-refractivity contribution is 4.73. The third-order valence-corrected chi connectivity index (χ3v) is 1.95. The van der Waals surface area contributed by atoms with Crippen molar-refractivity contribution in [2.24, 2.45) is 5.73 Å². The summed E-state index contributed by atoms with van der Waals surface area (Å²) in [5.74, 6) is 0. The number of hydrogen-bond donors (Lipinski definition) is 2. The summed E-state index contributed by atoms with van der Waals surface area (Å²) in [5.41, 5.74) is 5.68. The molecule has 3 unspecified atom stereocenters. The van der Waals surface area contributed by atoms with Crippen molar-refractivity contribution >= 4 is 0 Å². The van der Waals surface area contributed by atoms with E-state index in [-0.39, 0.29) is 6.04 Å². The Labute approximate surface area is 64.2 Å². The molecule has 0 saturated carbocycles. The molecule has 0 aromatic heterocycles. The molecule has 2 heteroatoms.